The summed E-state index contributed by atoms with van der Waals surface area (Å²) in [4.78, 5) is 0. The van der Waals surface area contributed by atoms with Gasteiger partial charge in [-0.3, -0.25) is 0 Å². The van der Waals surface area contributed by atoms with Crippen molar-refractivity contribution < 1.29 is 29.7 Å². The average molecular weight is 218 g/mol. The molecule has 0 aliphatic carbocycles. The maximum atomic E-state index is 9.04. The Morgan fingerprint density at radius 3 is 1.00 bits per heavy atom. The molecule has 0 saturated carbocycles. The summed E-state index contributed by atoms with van der Waals surface area (Å²) in [5.74, 6) is 0. The third kappa shape index (κ3) is 25300000. The summed E-state index contributed by atoms with van der Waals surface area (Å²) < 4.78 is 0. The van der Waals surface area contributed by atoms with Gasteiger partial charge in [0.15, 0.2) is 0 Å². The van der Waals surface area contributed by atoms with Gasteiger partial charge >= 0.3 is 19.5 Å². The Morgan fingerprint density at radius 2 is 1.00 bits per heavy atom. The first-order chi connectivity index (χ1) is 3.46. The second-order valence-corrected chi connectivity index (χ2v) is 1.44. The van der Waals surface area contributed by atoms with E-state index in [1.165, 1.54) is 0 Å². The molecule has 0 saturated heterocycles. The molecule has 0 heterocycles. The number of thiocarbonyl (C=S) groups is 2. The molecule has 7 heteroatoms. The van der Waals surface area contributed by atoms with E-state index in [-0.39, 0.29) is 19.5 Å². The van der Waals surface area contributed by atoms with Crippen molar-refractivity contribution in [1.82, 2.24) is 0 Å². The van der Waals surface area contributed by atoms with Crippen molar-refractivity contribution in [1.29, 1.82) is 0 Å². The maximum absolute atomic E-state index is 9.04. The normalized spacial score (nSPS) is 5.33. The smallest absolute Gasteiger partial charge is 0.852 e. The molecule has 0 atom stereocenters. The molecule has 0 rings (SSSR count). The van der Waals surface area contributed by atoms with Gasteiger partial charge in [0.25, 0.3) is 0 Å². The van der Waals surface area contributed by atoms with Crippen molar-refractivity contribution in [2.45, 2.75) is 0 Å². The summed E-state index contributed by atoms with van der Waals surface area (Å²) in [6, 6.07) is 0. The van der Waals surface area contributed by atoms with Crippen LogP contribution in [0.3, 0.4) is 0 Å². The van der Waals surface area contributed by atoms with E-state index in [1.807, 2.05) is 0 Å². The molecule has 0 radical (unpaired) electrons. The summed E-state index contributed by atoms with van der Waals surface area (Å²) >= 11 is 7.52. The van der Waals surface area contributed by atoms with Crippen LogP contribution in [0.2, 0.25) is 0 Å². The Morgan fingerprint density at radius 1 is 1.00 bits per heavy atom. The van der Waals surface area contributed by atoms with Gasteiger partial charge in [-0.1, -0.05) is 24.4 Å². The number of hydrogen-bond acceptors (Lipinski definition) is 4. The van der Waals surface area contributed by atoms with Crippen LogP contribution in [0.1, 0.15) is 0 Å². The van der Waals surface area contributed by atoms with Gasteiger partial charge in [-0.05, 0) is 0 Å². The van der Waals surface area contributed by atoms with E-state index in [1.54, 1.807) is 0 Å². The third-order valence-corrected chi connectivity index (χ3v) is 0. The number of rotatable bonds is 0. The Labute approximate surface area is 76.0 Å². The first kappa shape index (κ1) is 16.0. The molecule has 0 amide bonds. The largest absolute Gasteiger partial charge is 2.00 e. The van der Waals surface area contributed by atoms with E-state index in [9.17, 15) is 0 Å². The molecule has 0 fully saturated rings. The van der Waals surface area contributed by atoms with E-state index in [4.69, 9.17) is 10.2 Å². The van der Waals surface area contributed by atoms with Gasteiger partial charge in [0.1, 0.15) is 0 Å². The molecule has 0 unspecified atom stereocenters. The van der Waals surface area contributed by atoms with E-state index < -0.39 is 10.3 Å². The van der Waals surface area contributed by atoms with Crippen molar-refractivity contribution in [3.05, 3.63) is 0 Å². The molecule has 0 spiro atoms. The molecule has 0 aliphatic rings. The van der Waals surface area contributed by atoms with Crippen molar-refractivity contribution >= 4 is 34.8 Å². The van der Waals surface area contributed by atoms with E-state index in [0.29, 0.717) is 0 Å². The van der Waals surface area contributed by atoms with Crippen LogP contribution in [-0.2, 0) is 19.5 Å². The first-order valence-electron chi connectivity index (χ1n) is 1.39. The molecule has 4 N–H and O–H groups in total. The van der Waals surface area contributed by atoms with Crippen molar-refractivity contribution in [3.63, 3.8) is 0 Å². The molecule has 9 heavy (non-hydrogen) atoms. The van der Waals surface area contributed by atoms with Gasteiger partial charge < -0.3 is 21.7 Å². The minimum atomic E-state index is -0.750. The van der Waals surface area contributed by atoms with Crippen LogP contribution in [0.15, 0.2) is 0 Å². The Hall–Kier alpha value is 0.00338. The fourth-order valence-electron chi connectivity index (χ4n) is 0. The zero-order chi connectivity index (χ0) is 7.15. The third-order valence-electron chi connectivity index (χ3n) is 0. The number of nitrogens with two attached hydrogens (primary N) is 2. The van der Waals surface area contributed by atoms with Gasteiger partial charge in [0.2, 0.25) is 0 Å². The van der Waals surface area contributed by atoms with Crippen LogP contribution < -0.4 is 21.7 Å². The van der Waals surface area contributed by atoms with Crippen LogP contribution in [0, 0.1) is 0 Å². The topological polar surface area (TPSA) is 98.2 Å². The van der Waals surface area contributed by atoms with Crippen molar-refractivity contribution in [2.75, 3.05) is 0 Å². The van der Waals surface area contributed by atoms with E-state index in [0.717, 1.165) is 0 Å². The zero-order valence-corrected chi connectivity index (χ0v) is 9.09. The van der Waals surface area contributed by atoms with Crippen LogP contribution in [0.5, 0.6) is 0 Å². The molecule has 4 nitrogen and oxygen atoms in total. The summed E-state index contributed by atoms with van der Waals surface area (Å²) in [6.45, 7) is 0. The maximum Gasteiger partial charge on any atom is 2.00 e. The van der Waals surface area contributed by atoms with Gasteiger partial charge in [-0.25, -0.2) is 0 Å². The quantitative estimate of drug-likeness (QED) is 0.336. The molecular weight excluding hydrogens is 214 g/mol. The predicted molar refractivity (Wildman–Crippen MR) is 33.6 cm³/mol. The molecule has 0 aromatic rings. The fourth-order valence-corrected chi connectivity index (χ4v) is 0. The fraction of sp³-hybridized carbons (Fsp3) is 0. The Bertz CT molecular complexity index is 78.6. The molecule has 0 aromatic carbocycles. The SMILES string of the molecule is NC([O-])=S.NC([O-])=S.[Zn+2]. The molecule has 0 aliphatic heterocycles. The minimum absolute atomic E-state index is 0. The summed E-state index contributed by atoms with van der Waals surface area (Å²) in [7, 11) is 0. The van der Waals surface area contributed by atoms with Crippen LogP contribution in [0.25, 0.3) is 0 Å². The minimum Gasteiger partial charge on any atom is -0.852 e. The van der Waals surface area contributed by atoms with Crippen LogP contribution in [0.4, 0.5) is 0 Å². The first-order valence-corrected chi connectivity index (χ1v) is 2.21. The summed E-state index contributed by atoms with van der Waals surface area (Å²) in [6.07, 6.45) is 0. The summed E-state index contributed by atoms with van der Waals surface area (Å²) in [5, 5.41) is 16.6. The zero-order valence-electron chi connectivity index (χ0n) is 4.49. The standard InChI is InChI=1S/2CH3NOS.Zn/c2*2-1(3)4;/h2*(H3,2,3,4);/q;;+2/p-2. The van der Waals surface area contributed by atoms with Gasteiger partial charge in [-0.2, -0.15) is 0 Å². The number of hydrogen-bond donors (Lipinski definition) is 2. The average Bonchev–Trinajstić information content (AvgIpc) is 1.25. The predicted octanol–water partition coefficient (Wildman–Crippen LogP) is -2.82. The Balaban J connectivity index is -0.0000000720. The molecular formula is C2H4N2O2S2Zn. The molecule has 48 valence electrons. The summed E-state index contributed by atoms with van der Waals surface area (Å²) in [5.41, 5.74) is 8.57. The van der Waals surface area contributed by atoms with Crippen LogP contribution >= 0.6 is 24.4 Å². The second kappa shape index (κ2) is 10.9. The van der Waals surface area contributed by atoms with Crippen molar-refractivity contribution in [2.24, 2.45) is 11.5 Å². The monoisotopic (exact) mass is 216 g/mol. The van der Waals surface area contributed by atoms with E-state index >= 15 is 0 Å². The van der Waals surface area contributed by atoms with Gasteiger partial charge in [0.05, 0.1) is 0 Å². The van der Waals surface area contributed by atoms with E-state index in [2.05, 4.69) is 35.9 Å². The second-order valence-electron chi connectivity index (χ2n) is 0.638. The molecule has 0 aromatic heterocycles. The van der Waals surface area contributed by atoms with Crippen molar-refractivity contribution in [3.8, 4) is 0 Å². The molecule has 0 bridgehead atoms. The Kier molecular flexibility index (Phi) is 19.4. The van der Waals surface area contributed by atoms with Gasteiger partial charge in [0, 0.05) is 10.3 Å². The van der Waals surface area contributed by atoms with Crippen LogP contribution in [-0.4, -0.2) is 10.3 Å². The van der Waals surface area contributed by atoms with Gasteiger partial charge in [-0.15, -0.1) is 0 Å².